The Morgan fingerprint density at radius 3 is 2.52 bits per heavy atom. The Morgan fingerprint density at radius 1 is 1.04 bits per heavy atom. The normalized spacial score (nSPS) is 26.1. The molecule has 2 fully saturated rings. The fourth-order valence-electron chi connectivity index (χ4n) is 4.30. The van der Waals surface area contributed by atoms with Gasteiger partial charge in [0.25, 0.3) is 0 Å². The Bertz CT molecular complexity index is 762. The molecule has 0 bridgehead atoms. The number of carbonyl (C=O) groups is 1. The highest BCUT2D eigenvalue weighted by Gasteiger charge is 2.34. The SMILES string of the molecule is CCC1C(=O)NCCN1CC1CNNC1c1ccc(-c2ccccc2)cc1. The number of hydrazine groups is 1. The average molecular weight is 364 g/mol. The van der Waals surface area contributed by atoms with Crippen molar-refractivity contribution in [2.24, 2.45) is 5.92 Å². The van der Waals surface area contributed by atoms with Gasteiger partial charge in [-0.2, -0.15) is 0 Å². The third-order valence-electron chi connectivity index (χ3n) is 5.77. The first-order valence-electron chi connectivity index (χ1n) is 9.92. The van der Waals surface area contributed by atoms with Crippen molar-refractivity contribution in [3.8, 4) is 11.1 Å². The number of amides is 1. The van der Waals surface area contributed by atoms with Crippen molar-refractivity contribution in [1.29, 1.82) is 0 Å². The minimum absolute atomic E-state index is 0.000423. The van der Waals surface area contributed by atoms with Crippen LogP contribution in [0.4, 0.5) is 0 Å². The minimum atomic E-state index is 0.000423. The molecule has 5 nitrogen and oxygen atoms in total. The summed E-state index contributed by atoms with van der Waals surface area (Å²) in [5.74, 6) is 0.610. The summed E-state index contributed by atoms with van der Waals surface area (Å²) >= 11 is 0. The highest BCUT2D eigenvalue weighted by atomic mass is 16.2. The second kappa shape index (κ2) is 8.21. The number of benzene rings is 2. The second-order valence-electron chi connectivity index (χ2n) is 7.46. The van der Waals surface area contributed by atoms with Crippen LogP contribution < -0.4 is 16.2 Å². The number of piperazine rings is 1. The van der Waals surface area contributed by atoms with Gasteiger partial charge in [0, 0.05) is 32.1 Å². The standard InChI is InChI=1S/C22H28N4O/c1-2-20-22(27)23-12-13-26(20)15-19-14-24-25-21(19)18-10-8-17(9-11-18)16-6-4-3-5-7-16/h3-11,19-21,24-25H,2,12-15H2,1H3,(H,23,27). The third-order valence-corrected chi connectivity index (χ3v) is 5.77. The maximum absolute atomic E-state index is 12.1. The smallest absolute Gasteiger partial charge is 0.237 e. The van der Waals surface area contributed by atoms with Crippen molar-refractivity contribution >= 4 is 5.91 Å². The van der Waals surface area contributed by atoms with Gasteiger partial charge in [0.15, 0.2) is 0 Å². The Labute approximate surface area is 161 Å². The Kier molecular flexibility index (Phi) is 5.53. The lowest BCUT2D eigenvalue weighted by molar-refractivity contribution is -0.129. The zero-order valence-corrected chi connectivity index (χ0v) is 15.8. The Balaban J connectivity index is 1.47. The molecule has 142 valence electrons. The van der Waals surface area contributed by atoms with Gasteiger partial charge in [-0.05, 0) is 23.1 Å². The molecule has 2 aliphatic heterocycles. The molecular weight excluding hydrogens is 336 g/mol. The molecule has 2 aromatic carbocycles. The molecule has 27 heavy (non-hydrogen) atoms. The van der Waals surface area contributed by atoms with E-state index in [0.717, 1.165) is 32.6 Å². The van der Waals surface area contributed by atoms with Gasteiger partial charge in [0.2, 0.25) is 5.91 Å². The fourth-order valence-corrected chi connectivity index (χ4v) is 4.30. The molecule has 1 amide bonds. The van der Waals surface area contributed by atoms with Crippen LogP contribution in [0.3, 0.4) is 0 Å². The van der Waals surface area contributed by atoms with E-state index in [2.05, 4.69) is 76.5 Å². The van der Waals surface area contributed by atoms with Gasteiger partial charge >= 0.3 is 0 Å². The highest BCUT2D eigenvalue weighted by Crippen LogP contribution is 2.29. The number of hydrogen-bond acceptors (Lipinski definition) is 4. The summed E-state index contributed by atoms with van der Waals surface area (Å²) < 4.78 is 0. The predicted octanol–water partition coefficient (Wildman–Crippen LogP) is 2.33. The van der Waals surface area contributed by atoms with Gasteiger partial charge in [-0.3, -0.25) is 15.1 Å². The van der Waals surface area contributed by atoms with Crippen molar-refractivity contribution in [3.63, 3.8) is 0 Å². The average Bonchev–Trinajstić information content (AvgIpc) is 3.17. The van der Waals surface area contributed by atoms with Crippen LogP contribution >= 0.6 is 0 Å². The number of nitrogens with one attached hydrogen (secondary N) is 3. The molecule has 5 heteroatoms. The van der Waals surface area contributed by atoms with Crippen LogP contribution in [0.1, 0.15) is 24.9 Å². The van der Waals surface area contributed by atoms with E-state index in [4.69, 9.17) is 0 Å². The van der Waals surface area contributed by atoms with E-state index in [-0.39, 0.29) is 18.0 Å². The van der Waals surface area contributed by atoms with E-state index in [9.17, 15) is 4.79 Å². The first-order valence-corrected chi connectivity index (χ1v) is 9.92. The number of carbonyl (C=O) groups excluding carboxylic acids is 1. The second-order valence-corrected chi connectivity index (χ2v) is 7.46. The van der Waals surface area contributed by atoms with Crippen molar-refractivity contribution in [3.05, 3.63) is 60.2 Å². The lowest BCUT2D eigenvalue weighted by Gasteiger charge is -2.36. The van der Waals surface area contributed by atoms with Gasteiger partial charge in [-0.15, -0.1) is 0 Å². The topological polar surface area (TPSA) is 56.4 Å². The fraction of sp³-hybridized carbons (Fsp3) is 0.409. The molecule has 2 aliphatic rings. The molecule has 0 spiro atoms. The monoisotopic (exact) mass is 364 g/mol. The zero-order valence-electron chi connectivity index (χ0n) is 15.8. The molecule has 2 heterocycles. The summed E-state index contributed by atoms with van der Waals surface area (Å²) in [5, 5.41) is 2.99. The van der Waals surface area contributed by atoms with Crippen LogP contribution in [-0.2, 0) is 4.79 Å². The maximum atomic E-state index is 12.1. The van der Waals surface area contributed by atoms with E-state index in [0.29, 0.717) is 5.92 Å². The molecule has 3 atom stereocenters. The summed E-state index contributed by atoms with van der Waals surface area (Å²) in [6.07, 6.45) is 0.857. The van der Waals surface area contributed by atoms with E-state index >= 15 is 0 Å². The molecule has 0 aromatic heterocycles. The molecule has 0 radical (unpaired) electrons. The summed E-state index contributed by atoms with van der Waals surface area (Å²) in [6.45, 7) is 5.62. The molecule has 3 unspecified atom stereocenters. The van der Waals surface area contributed by atoms with Gasteiger partial charge in [-0.25, -0.2) is 5.43 Å². The van der Waals surface area contributed by atoms with Crippen molar-refractivity contribution < 1.29 is 4.79 Å². The van der Waals surface area contributed by atoms with E-state index in [1.54, 1.807) is 0 Å². The Hall–Kier alpha value is -2.21. The molecule has 4 rings (SSSR count). The van der Waals surface area contributed by atoms with Crippen LogP contribution in [0.25, 0.3) is 11.1 Å². The summed E-state index contributed by atoms with van der Waals surface area (Å²) in [5.41, 5.74) is 10.5. The largest absolute Gasteiger partial charge is 0.353 e. The highest BCUT2D eigenvalue weighted by molar-refractivity contribution is 5.82. The lowest BCUT2D eigenvalue weighted by Crippen LogP contribution is -2.56. The van der Waals surface area contributed by atoms with E-state index in [1.807, 2.05) is 6.07 Å². The molecule has 3 N–H and O–H groups in total. The van der Waals surface area contributed by atoms with Crippen molar-refractivity contribution in [2.45, 2.75) is 25.4 Å². The van der Waals surface area contributed by atoms with Crippen LogP contribution in [-0.4, -0.2) is 43.0 Å². The van der Waals surface area contributed by atoms with Crippen LogP contribution in [0.15, 0.2) is 54.6 Å². The number of hydrogen-bond donors (Lipinski definition) is 3. The summed E-state index contributed by atoms with van der Waals surface area (Å²) in [6, 6.07) is 19.6. The molecule has 0 saturated carbocycles. The molecule has 2 aromatic rings. The minimum Gasteiger partial charge on any atom is -0.353 e. The van der Waals surface area contributed by atoms with Crippen LogP contribution in [0, 0.1) is 5.92 Å². The van der Waals surface area contributed by atoms with Crippen molar-refractivity contribution in [1.82, 2.24) is 21.1 Å². The first kappa shape index (κ1) is 18.2. The number of rotatable bonds is 5. The van der Waals surface area contributed by atoms with Crippen molar-refractivity contribution in [2.75, 3.05) is 26.2 Å². The number of nitrogens with zero attached hydrogens (tertiary/aromatic N) is 1. The molecule has 2 saturated heterocycles. The first-order chi connectivity index (χ1) is 13.3. The lowest BCUT2D eigenvalue weighted by atomic mass is 9.92. The maximum Gasteiger partial charge on any atom is 0.237 e. The predicted molar refractivity (Wildman–Crippen MR) is 108 cm³/mol. The van der Waals surface area contributed by atoms with E-state index in [1.165, 1.54) is 16.7 Å². The van der Waals surface area contributed by atoms with Crippen LogP contribution in [0.5, 0.6) is 0 Å². The van der Waals surface area contributed by atoms with Gasteiger partial charge < -0.3 is 5.32 Å². The quantitative estimate of drug-likeness (QED) is 0.762. The Morgan fingerprint density at radius 2 is 1.78 bits per heavy atom. The molecular formula is C22H28N4O. The van der Waals surface area contributed by atoms with Crippen LogP contribution in [0.2, 0.25) is 0 Å². The summed E-state index contributed by atoms with van der Waals surface area (Å²) in [4.78, 5) is 14.5. The third kappa shape index (κ3) is 3.90. The van der Waals surface area contributed by atoms with Gasteiger partial charge in [0.1, 0.15) is 0 Å². The van der Waals surface area contributed by atoms with E-state index < -0.39 is 0 Å². The molecule has 0 aliphatic carbocycles. The summed E-state index contributed by atoms with van der Waals surface area (Å²) in [7, 11) is 0. The van der Waals surface area contributed by atoms with Gasteiger partial charge in [0.05, 0.1) is 12.1 Å². The zero-order chi connectivity index (χ0) is 18.6. The van der Waals surface area contributed by atoms with Gasteiger partial charge in [-0.1, -0.05) is 61.5 Å².